The largest absolute Gasteiger partial charge is 0.462 e. The number of hydrogen-bond donors (Lipinski definition) is 1. The van der Waals surface area contributed by atoms with Crippen LogP contribution < -0.4 is 4.90 Å². The summed E-state index contributed by atoms with van der Waals surface area (Å²) in [6, 6.07) is 0. The maximum absolute atomic E-state index is 12.4. The van der Waals surface area contributed by atoms with Crippen molar-refractivity contribution in [2.24, 2.45) is 7.05 Å². The Morgan fingerprint density at radius 1 is 1.32 bits per heavy atom. The Balaban J connectivity index is 1.93. The number of aliphatic hydroxyl groups is 1. The van der Waals surface area contributed by atoms with Gasteiger partial charge >= 0.3 is 5.97 Å². The molecule has 136 valence electrons. The van der Waals surface area contributed by atoms with Crippen molar-refractivity contribution < 1.29 is 14.6 Å². The topological polar surface area (TPSA) is 83.7 Å². The normalized spacial score (nSPS) is 17.0. The number of aromatic nitrogens is 3. The van der Waals surface area contributed by atoms with Crippen molar-refractivity contribution in [2.75, 3.05) is 44.2 Å². The van der Waals surface area contributed by atoms with Gasteiger partial charge in [-0.05, 0) is 13.8 Å². The average molecular weight is 347 g/mol. The number of aryl methyl sites for hydroxylation is 1. The first kappa shape index (κ1) is 17.6. The van der Waals surface area contributed by atoms with Crippen molar-refractivity contribution >= 4 is 22.7 Å². The van der Waals surface area contributed by atoms with Crippen LogP contribution in [0.1, 0.15) is 24.2 Å². The van der Waals surface area contributed by atoms with Gasteiger partial charge in [0.05, 0.1) is 30.0 Å². The Hall–Kier alpha value is -2.19. The molecule has 1 aliphatic rings. The van der Waals surface area contributed by atoms with Crippen molar-refractivity contribution in [1.29, 1.82) is 0 Å². The summed E-state index contributed by atoms with van der Waals surface area (Å²) in [6.45, 7) is 7.78. The lowest BCUT2D eigenvalue weighted by Crippen LogP contribution is -2.48. The van der Waals surface area contributed by atoms with E-state index in [1.54, 1.807) is 30.9 Å². The number of esters is 1. The number of pyridine rings is 1. The molecule has 0 saturated carbocycles. The van der Waals surface area contributed by atoms with Gasteiger partial charge in [0.1, 0.15) is 5.56 Å². The monoisotopic (exact) mass is 347 g/mol. The summed E-state index contributed by atoms with van der Waals surface area (Å²) in [4.78, 5) is 21.2. The van der Waals surface area contributed by atoms with Crippen molar-refractivity contribution in [2.45, 2.75) is 20.0 Å². The zero-order valence-electron chi connectivity index (χ0n) is 15.0. The smallest absolute Gasteiger partial charge is 0.341 e. The standard InChI is InChI=1S/C17H25N5O3/c1-4-25-17(24)14-9-18-16-13(10-19-20(16)3)15(14)22-7-5-21(6-8-22)11-12(2)23/h9-10,12,23H,4-8,11H2,1-3H3/t12-/m1/s1. The summed E-state index contributed by atoms with van der Waals surface area (Å²) in [6.07, 6.45) is 3.00. The van der Waals surface area contributed by atoms with Gasteiger partial charge < -0.3 is 14.7 Å². The fourth-order valence-corrected chi connectivity index (χ4v) is 3.31. The summed E-state index contributed by atoms with van der Waals surface area (Å²) in [5, 5.41) is 14.7. The summed E-state index contributed by atoms with van der Waals surface area (Å²) >= 11 is 0. The van der Waals surface area contributed by atoms with E-state index in [9.17, 15) is 9.90 Å². The molecule has 2 aromatic rings. The Morgan fingerprint density at radius 3 is 2.68 bits per heavy atom. The molecule has 3 heterocycles. The number of β-amino-alcohol motifs (C(OH)–C–C–N with tert-alkyl or cyclic N) is 1. The molecule has 25 heavy (non-hydrogen) atoms. The fourth-order valence-electron chi connectivity index (χ4n) is 3.31. The number of rotatable bonds is 5. The molecule has 1 fully saturated rings. The fraction of sp³-hybridized carbons (Fsp3) is 0.588. The summed E-state index contributed by atoms with van der Waals surface area (Å²) < 4.78 is 6.92. The molecule has 1 N–H and O–H groups in total. The molecule has 2 aromatic heterocycles. The van der Waals surface area contributed by atoms with Gasteiger partial charge in [0.25, 0.3) is 0 Å². The van der Waals surface area contributed by atoms with Crippen molar-refractivity contribution in [3.8, 4) is 0 Å². The molecule has 8 nitrogen and oxygen atoms in total. The Kier molecular flexibility index (Phi) is 5.19. The highest BCUT2D eigenvalue weighted by Crippen LogP contribution is 2.30. The molecule has 1 saturated heterocycles. The number of ether oxygens (including phenoxy) is 1. The average Bonchev–Trinajstić information content (AvgIpc) is 2.96. The lowest BCUT2D eigenvalue weighted by Gasteiger charge is -2.37. The minimum Gasteiger partial charge on any atom is -0.462 e. The lowest BCUT2D eigenvalue weighted by atomic mass is 10.1. The third kappa shape index (κ3) is 3.59. The highest BCUT2D eigenvalue weighted by Gasteiger charge is 2.26. The maximum Gasteiger partial charge on any atom is 0.341 e. The minimum atomic E-state index is -0.359. The molecule has 0 radical (unpaired) electrons. The zero-order valence-corrected chi connectivity index (χ0v) is 15.0. The second-order valence-electron chi connectivity index (χ2n) is 6.38. The van der Waals surface area contributed by atoms with Crippen LogP contribution in [0.25, 0.3) is 11.0 Å². The highest BCUT2D eigenvalue weighted by atomic mass is 16.5. The summed E-state index contributed by atoms with van der Waals surface area (Å²) in [5.74, 6) is -0.359. The molecule has 0 aliphatic carbocycles. The van der Waals surface area contributed by atoms with Gasteiger partial charge in [-0.25, -0.2) is 9.78 Å². The van der Waals surface area contributed by atoms with E-state index in [1.165, 1.54) is 0 Å². The second-order valence-corrected chi connectivity index (χ2v) is 6.38. The molecule has 1 aliphatic heterocycles. The number of carbonyl (C=O) groups excluding carboxylic acids is 1. The zero-order chi connectivity index (χ0) is 18.0. The number of hydrogen-bond acceptors (Lipinski definition) is 7. The van der Waals surface area contributed by atoms with E-state index in [4.69, 9.17) is 4.74 Å². The first-order valence-electron chi connectivity index (χ1n) is 8.64. The van der Waals surface area contributed by atoms with Crippen LogP contribution in [0.5, 0.6) is 0 Å². The van der Waals surface area contributed by atoms with Gasteiger partial charge in [-0.2, -0.15) is 5.10 Å². The van der Waals surface area contributed by atoms with Crippen LogP contribution in [0, 0.1) is 0 Å². The number of fused-ring (bicyclic) bond motifs is 1. The third-order valence-corrected chi connectivity index (χ3v) is 4.44. The molecule has 0 aromatic carbocycles. The molecular weight excluding hydrogens is 322 g/mol. The summed E-state index contributed by atoms with van der Waals surface area (Å²) in [7, 11) is 1.84. The predicted molar refractivity (Wildman–Crippen MR) is 94.8 cm³/mol. The SMILES string of the molecule is CCOC(=O)c1cnc2c(cnn2C)c1N1CCN(C[C@@H](C)O)CC1. The molecule has 0 amide bonds. The molecule has 0 unspecified atom stereocenters. The van der Waals surface area contributed by atoms with Crippen molar-refractivity contribution in [1.82, 2.24) is 19.7 Å². The summed E-state index contributed by atoms with van der Waals surface area (Å²) in [5.41, 5.74) is 2.06. The van der Waals surface area contributed by atoms with E-state index in [2.05, 4.69) is 19.9 Å². The second kappa shape index (κ2) is 7.37. The van der Waals surface area contributed by atoms with E-state index in [0.29, 0.717) is 18.7 Å². The van der Waals surface area contributed by atoms with Crippen LogP contribution in [0.3, 0.4) is 0 Å². The van der Waals surface area contributed by atoms with Gasteiger partial charge in [-0.15, -0.1) is 0 Å². The Morgan fingerprint density at radius 2 is 2.04 bits per heavy atom. The van der Waals surface area contributed by atoms with Gasteiger partial charge in [-0.1, -0.05) is 0 Å². The van der Waals surface area contributed by atoms with E-state index in [1.807, 2.05) is 7.05 Å². The van der Waals surface area contributed by atoms with E-state index >= 15 is 0 Å². The third-order valence-electron chi connectivity index (χ3n) is 4.44. The molecule has 8 heteroatoms. The molecular formula is C17H25N5O3. The number of piperazine rings is 1. The highest BCUT2D eigenvalue weighted by molar-refractivity contribution is 6.04. The number of anilines is 1. The number of aliphatic hydroxyl groups excluding tert-OH is 1. The lowest BCUT2D eigenvalue weighted by molar-refractivity contribution is 0.0526. The van der Waals surface area contributed by atoms with Crippen molar-refractivity contribution in [3.05, 3.63) is 18.0 Å². The quantitative estimate of drug-likeness (QED) is 0.795. The Bertz CT molecular complexity index is 750. The number of carbonyl (C=O) groups is 1. The van der Waals surface area contributed by atoms with E-state index < -0.39 is 0 Å². The van der Waals surface area contributed by atoms with Crippen molar-refractivity contribution in [3.63, 3.8) is 0 Å². The van der Waals surface area contributed by atoms with Crippen LogP contribution in [0.2, 0.25) is 0 Å². The van der Waals surface area contributed by atoms with Crippen LogP contribution in [0.4, 0.5) is 5.69 Å². The van der Waals surface area contributed by atoms with E-state index in [0.717, 1.165) is 42.9 Å². The van der Waals surface area contributed by atoms with Gasteiger partial charge in [0.15, 0.2) is 5.65 Å². The first-order chi connectivity index (χ1) is 12.0. The predicted octanol–water partition coefficient (Wildman–Crippen LogP) is 0.648. The van der Waals surface area contributed by atoms with Gasteiger partial charge in [-0.3, -0.25) is 9.58 Å². The van der Waals surface area contributed by atoms with Crippen LogP contribution >= 0.6 is 0 Å². The van der Waals surface area contributed by atoms with Crippen LogP contribution in [-0.2, 0) is 11.8 Å². The first-order valence-corrected chi connectivity index (χ1v) is 8.64. The Labute approximate surface area is 147 Å². The molecule has 1 atom stereocenters. The maximum atomic E-state index is 12.4. The van der Waals surface area contributed by atoms with Crippen LogP contribution in [0.15, 0.2) is 12.4 Å². The molecule has 0 spiro atoms. The van der Waals surface area contributed by atoms with Crippen LogP contribution in [-0.4, -0.2) is 76.2 Å². The number of nitrogens with zero attached hydrogens (tertiary/aromatic N) is 5. The molecule has 3 rings (SSSR count). The molecule has 0 bridgehead atoms. The van der Waals surface area contributed by atoms with Gasteiger partial charge in [0, 0.05) is 46.0 Å². The van der Waals surface area contributed by atoms with E-state index in [-0.39, 0.29) is 12.1 Å². The minimum absolute atomic E-state index is 0.325. The van der Waals surface area contributed by atoms with Gasteiger partial charge in [0.2, 0.25) is 0 Å².